The first kappa shape index (κ1) is 17.0. The molecular weight excluding hydrogens is 341 g/mol. The molecule has 0 aliphatic heterocycles. The zero-order valence-corrected chi connectivity index (χ0v) is 14.6. The summed E-state index contributed by atoms with van der Waals surface area (Å²) in [4.78, 5) is 4.06. The first-order chi connectivity index (χ1) is 13.2. The molecule has 27 heavy (non-hydrogen) atoms. The second-order valence-corrected chi connectivity index (χ2v) is 6.42. The summed E-state index contributed by atoms with van der Waals surface area (Å²) in [7, 11) is 0. The highest BCUT2D eigenvalue weighted by molar-refractivity contribution is 5.69. The van der Waals surface area contributed by atoms with Crippen LogP contribution in [0.25, 0.3) is 11.3 Å². The van der Waals surface area contributed by atoms with Crippen molar-refractivity contribution < 1.29 is 8.91 Å². The van der Waals surface area contributed by atoms with Gasteiger partial charge in [-0.3, -0.25) is 0 Å². The number of halogens is 1. The lowest BCUT2D eigenvalue weighted by molar-refractivity contribution is 0.425. The Hall–Kier alpha value is -3.47. The van der Waals surface area contributed by atoms with E-state index in [0.717, 1.165) is 27.9 Å². The molecule has 0 bridgehead atoms. The van der Waals surface area contributed by atoms with Gasteiger partial charge in [0.15, 0.2) is 5.76 Å². The topological polar surface area (TPSA) is 64.9 Å². The maximum absolute atomic E-state index is 13.3. The summed E-state index contributed by atoms with van der Waals surface area (Å²) in [6, 6.07) is 20.5. The van der Waals surface area contributed by atoms with Crippen molar-refractivity contribution in [3.05, 3.63) is 101 Å². The van der Waals surface area contributed by atoms with Crippen LogP contribution in [-0.2, 0) is 12.8 Å². The summed E-state index contributed by atoms with van der Waals surface area (Å²) in [5.41, 5.74) is 10.7. The van der Waals surface area contributed by atoms with E-state index in [-0.39, 0.29) is 5.82 Å². The van der Waals surface area contributed by atoms with Crippen molar-refractivity contribution in [3.63, 3.8) is 0 Å². The Kier molecular flexibility index (Phi) is 4.66. The minimum atomic E-state index is -0.208. The van der Waals surface area contributed by atoms with Gasteiger partial charge >= 0.3 is 0 Å². The number of nitrogen functional groups attached to an aromatic ring is 1. The monoisotopic (exact) mass is 359 g/mol. The van der Waals surface area contributed by atoms with Gasteiger partial charge in [0, 0.05) is 18.7 Å². The van der Waals surface area contributed by atoms with E-state index in [9.17, 15) is 4.39 Å². The molecule has 4 nitrogen and oxygen atoms in total. The molecule has 0 aliphatic carbocycles. The number of rotatable bonds is 5. The van der Waals surface area contributed by atoms with Crippen molar-refractivity contribution in [2.24, 2.45) is 0 Å². The van der Waals surface area contributed by atoms with Gasteiger partial charge in [0.05, 0.1) is 11.3 Å². The number of aromatic nitrogens is 2. The molecule has 0 spiro atoms. The molecule has 4 aromatic rings. The molecule has 2 aromatic heterocycles. The zero-order valence-electron chi connectivity index (χ0n) is 14.6. The quantitative estimate of drug-likeness (QED) is 0.564. The van der Waals surface area contributed by atoms with Gasteiger partial charge in [0.25, 0.3) is 0 Å². The number of nitrogens with zero attached hydrogens (tertiary/aromatic N) is 2. The van der Waals surface area contributed by atoms with E-state index < -0.39 is 0 Å². The second kappa shape index (κ2) is 7.41. The summed E-state index contributed by atoms with van der Waals surface area (Å²) >= 11 is 0. The van der Waals surface area contributed by atoms with Crippen LogP contribution >= 0.6 is 0 Å². The van der Waals surface area contributed by atoms with Crippen LogP contribution in [0.2, 0.25) is 0 Å². The van der Waals surface area contributed by atoms with E-state index in [1.165, 1.54) is 6.07 Å². The summed E-state index contributed by atoms with van der Waals surface area (Å²) in [5.74, 6) is 0.820. The van der Waals surface area contributed by atoms with Crippen LogP contribution < -0.4 is 5.73 Å². The molecule has 5 heteroatoms. The van der Waals surface area contributed by atoms with Crippen molar-refractivity contribution >= 4 is 5.82 Å². The Labute approximate surface area is 156 Å². The fourth-order valence-corrected chi connectivity index (χ4v) is 3.01. The molecule has 2 heterocycles. The molecule has 2 N–H and O–H groups in total. The summed E-state index contributed by atoms with van der Waals surface area (Å²) < 4.78 is 18.7. The van der Waals surface area contributed by atoms with Crippen molar-refractivity contribution in [1.82, 2.24) is 10.1 Å². The lowest BCUT2D eigenvalue weighted by Gasteiger charge is -2.04. The summed E-state index contributed by atoms with van der Waals surface area (Å²) in [5, 5.41) is 4.13. The largest absolute Gasteiger partial charge is 0.383 e. The highest BCUT2D eigenvalue weighted by atomic mass is 19.1. The smallest absolute Gasteiger partial charge is 0.170 e. The fraction of sp³-hybridized carbons (Fsp3) is 0.0909. The normalized spacial score (nSPS) is 10.9. The van der Waals surface area contributed by atoms with Gasteiger partial charge in [-0.25, -0.2) is 9.37 Å². The molecule has 0 fully saturated rings. The van der Waals surface area contributed by atoms with Crippen molar-refractivity contribution in [2.75, 3.05) is 5.73 Å². The lowest BCUT2D eigenvalue weighted by Crippen LogP contribution is -1.92. The molecule has 4 rings (SSSR count). The highest BCUT2D eigenvalue weighted by Crippen LogP contribution is 2.25. The van der Waals surface area contributed by atoms with Crippen LogP contribution in [0.3, 0.4) is 0 Å². The van der Waals surface area contributed by atoms with E-state index in [0.29, 0.717) is 24.4 Å². The van der Waals surface area contributed by atoms with Gasteiger partial charge in [0.2, 0.25) is 0 Å². The Balaban J connectivity index is 1.45. The third-order valence-corrected chi connectivity index (χ3v) is 4.37. The van der Waals surface area contributed by atoms with E-state index in [2.05, 4.69) is 34.4 Å². The van der Waals surface area contributed by atoms with E-state index in [4.69, 9.17) is 10.3 Å². The Morgan fingerprint density at radius 2 is 1.63 bits per heavy atom. The minimum Gasteiger partial charge on any atom is -0.383 e. The Bertz CT molecular complexity index is 1060. The third kappa shape index (κ3) is 4.03. The number of hydrogen-bond acceptors (Lipinski definition) is 4. The maximum atomic E-state index is 13.3. The first-order valence-corrected chi connectivity index (χ1v) is 8.66. The number of pyridine rings is 1. The standard InChI is InChI=1S/C22H18FN3O/c23-18-4-1-3-17(12-18)11-15-6-8-16(9-7-15)13-19-14-21(27-26-19)20-5-2-10-25-22(20)24/h1-10,12,14H,11,13H2,(H2,24,25). The summed E-state index contributed by atoms with van der Waals surface area (Å²) in [6.07, 6.45) is 3.00. The van der Waals surface area contributed by atoms with Crippen molar-refractivity contribution in [1.29, 1.82) is 0 Å². The van der Waals surface area contributed by atoms with Gasteiger partial charge in [0.1, 0.15) is 11.6 Å². The van der Waals surface area contributed by atoms with Crippen LogP contribution in [0.1, 0.15) is 22.4 Å². The SMILES string of the molecule is Nc1ncccc1-c1cc(Cc2ccc(Cc3cccc(F)c3)cc2)no1. The second-order valence-electron chi connectivity index (χ2n) is 6.42. The molecule has 2 aromatic carbocycles. The van der Waals surface area contributed by atoms with Crippen LogP contribution in [0.4, 0.5) is 10.2 Å². The first-order valence-electron chi connectivity index (χ1n) is 8.66. The van der Waals surface area contributed by atoms with Crippen molar-refractivity contribution in [3.8, 4) is 11.3 Å². The van der Waals surface area contributed by atoms with Gasteiger partial charge in [-0.1, -0.05) is 41.6 Å². The molecule has 0 radical (unpaired) electrons. The minimum absolute atomic E-state index is 0.208. The molecule has 0 amide bonds. The zero-order chi connectivity index (χ0) is 18.6. The Morgan fingerprint density at radius 1 is 0.852 bits per heavy atom. The molecule has 0 unspecified atom stereocenters. The van der Waals surface area contributed by atoms with Gasteiger partial charge < -0.3 is 10.3 Å². The van der Waals surface area contributed by atoms with Gasteiger partial charge in [-0.2, -0.15) is 0 Å². The van der Waals surface area contributed by atoms with E-state index in [1.54, 1.807) is 18.3 Å². The number of anilines is 1. The fourth-order valence-electron chi connectivity index (χ4n) is 3.01. The molecule has 0 atom stereocenters. The number of benzene rings is 2. The predicted octanol–water partition coefficient (Wildman–Crippen LogP) is 4.64. The molecule has 0 aliphatic rings. The van der Waals surface area contributed by atoms with Crippen molar-refractivity contribution in [2.45, 2.75) is 12.8 Å². The molecule has 134 valence electrons. The van der Waals surface area contributed by atoms with E-state index in [1.807, 2.05) is 24.3 Å². The maximum Gasteiger partial charge on any atom is 0.170 e. The average molecular weight is 359 g/mol. The van der Waals surface area contributed by atoms with Crippen LogP contribution in [0.5, 0.6) is 0 Å². The third-order valence-electron chi connectivity index (χ3n) is 4.37. The van der Waals surface area contributed by atoms with Crippen LogP contribution in [-0.4, -0.2) is 10.1 Å². The van der Waals surface area contributed by atoms with Gasteiger partial charge in [-0.05, 0) is 47.4 Å². The molecular formula is C22H18FN3O. The Morgan fingerprint density at radius 3 is 2.37 bits per heavy atom. The van der Waals surface area contributed by atoms with Gasteiger partial charge in [-0.15, -0.1) is 0 Å². The van der Waals surface area contributed by atoms with E-state index >= 15 is 0 Å². The number of hydrogen-bond donors (Lipinski definition) is 1. The van der Waals surface area contributed by atoms with Crippen LogP contribution in [0.15, 0.2) is 77.4 Å². The van der Waals surface area contributed by atoms with Crippen LogP contribution in [0, 0.1) is 5.82 Å². The summed E-state index contributed by atoms with van der Waals surface area (Å²) in [6.45, 7) is 0. The number of nitrogens with two attached hydrogens (primary N) is 1. The predicted molar refractivity (Wildman–Crippen MR) is 103 cm³/mol. The molecule has 0 saturated carbocycles. The molecule has 0 saturated heterocycles. The average Bonchev–Trinajstić information content (AvgIpc) is 3.12. The highest BCUT2D eigenvalue weighted by Gasteiger charge is 2.10. The lowest BCUT2D eigenvalue weighted by atomic mass is 10.0.